The molecule has 262 valence electrons. The van der Waals surface area contributed by atoms with Crippen LogP contribution in [0, 0.1) is 0 Å². The quantitative estimate of drug-likeness (QED) is 0.151. The maximum absolute atomic E-state index is 13.9. The minimum Gasteiger partial charge on any atom is -0.475 e. The van der Waals surface area contributed by atoms with Crippen LogP contribution in [0.25, 0.3) is 10.8 Å². The Kier molecular flexibility index (Phi) is 13.6. The maximum Gasteiger partial charge on any atom is 0.490 e. The molecule has 0 saturated carbocycles. The fourth-order valence-electron chi connectivity index (χ4n) is 5.23. The molecular weight excluding hydrogens is 661 g/mol. The second-order valence-corrected chi connectivity index (χ2v) is 12.8. The number of benzene rings is 2. The maximum atomic E-state index is 13.9. The van der Waals surface area contributed by atoms with Crippen molar-refractivity contribution in [3.63, 3.8) is 0 Å². The van der Waals surface area contributed by atoms with Crippen LogP contribution in [-0.4, -0.2) is 109 Å². The van der Waals surface area contributed by atoms with E-state index < -0.39 is 46.1 Å². The van der Waals surface area contributed by atoms with Gasteiger partial charge in [0.1, 0.15) is 6.04 Å². The number of hydrogen-bond donors (Lipinski definition) is 5. The summed E-state index contributed by atoms with van der Waals surface area (Å²) >= 11 is 0. The number of carbonyl (C=O) groups excluding carboxylic acids is 3. The summed E-state index contributed by atoms with van der Waals surface area (Å²) in [6.07, 6.45) is 0.766. The van der Waals surface area contributed by atoms with Gasteiger partial charge in [0.15, 0.2) is 5.78 Å². The predicted molar refractivity (Wildman–Crippen MR) is 167 cm³/mol. The number of Topliss-reactive ketones (excluding diaryl/α,β-unsaturated/α-hetero) is 1. The SMILES string of the molecule is COC(=O)[C@H](CNS(C)(=O)=O)NC(=O)CN(Cc1cccc2ccccc12)C(C(=O)Cc1cnc[nH]1)[C@@H]1CCCN1.O=C(O)C(F)(F)F. The van der Waals surface area contributed by atoms with Crippen LogP contribution in [0.3, 0.4) is 0 Å². The number of rotatable bonds is 14. The summed E-state index contributed by atoms with van der Waals surface area (Å²) in [6.45, 7) is 0.464. The number of ether oxygens (including phenoxy) is 1. The molecule has 3 atom stereocenters. The lowest BCUT2D eigenvalue weighted by molar-refractivity contribution is -0.192. The summed E-state index contributed by atoms with van der Waals surface area (Å²) in [7, 11) is -2.47. The number of nitrogens with zero attached hydrogens (tertiary/aromatic N) is 2. The van der Waals surface area contributed by atoms with Gasteiger partial charge >= 0.3 is 18.1 Å². The number of carbonyl (C=O) groups is 4. The summed E-state index contributed by atoms with van der Waals surface area (Å²) in [5.41, 5.74) is 1.61. The van der Waals surface area contributed by atoms with Crippen molar-refractivity contribution in [3.05, 3.63) is 66.2 Å². The van der Waals surface area contributed by atoms with E-state index in [-0.39, 0.29) is 37.9 Å². The highest BCUT2D eigenvalue weighted by Crippen LogP contribution is 2.24. The molecule has 1 amide bonds. The molecule has 1 aliphatic heterocycles. The molecule has 1 saturated heterocycles. The molecule has 3 aromatic rings. The highest BCUT2D eigenvalue weighted by atomic mass is 32.2. The van der Waals surface area contributed by atoms with Crippen molar-refractivity contribution in [3.8, 4) is 0 Å². The van der Waals surface area contributed by atoms with E-state index in [0.29, 0.717) is 5.69 Å². The van der Waals surface area contributed by atoms with Crippen LogP contribution >= 0.6 is 0 Å². The minimum atomic E-state index is -5.08. The zero-order valence-corrected chi connectivity index (χ0v) is 26.9. The molecule has 4 rings (SSSR count). The lowest BCUT2D eigenvalue weighted by atomic mass is 9.95. The molecule has 5 N–H and O–H groups in total. The standard InChI is InChI=1S/C28H36N6O6S.C2HF3O2/c1-40-28(37)24(15-32-41(2,38)39)33-26(36)17-34(16-20-9-5-8-19-7-3-4-10-22(19)20)27(23-11-6-12-30-23)25(35)13-21-14-29-18-31-21;3-2(4,5)1(6)7/h3-5,7-10,14,18,23-24,27,30,32H,6,11-13,15-17H2,1-2H3,(H,29,31)(H,33,36);(H,6,7)/t23-,24-,27?;/m0./s1. The zero-order valence-electron chi connectivity index (χ0n) is 26.1. The first-order chi connectivity index (χ1) is 22.6. The van der Waals surface area contributed by atoms with E-state index in [1.807, 2.05) is 47.4 Å². The molecule has 1 fully saturated rings. The molecule has 1 aromatic heterocycles. The number of alkyl halides is 3. The number of halogens is 3. The molecule has 2 aromatic carbocycles. The summed E-state index contributed by atoms with van der Waals surface area (Å²) < 4.78 is 62.0. The Labute approximate surface area is 274 Å². The van der Waals surface area contributed by atoms with E-state index in [2.05, 4.69) is 25.3 Å². The Bertz CT molecular complexity index is 1660. The number of carboxylic acid groups (broad SMARTS) is 1. The number of aromatic amines is 1. The molecule has 14 nitrogen and oxygen atoms in total. The number of ketones is 1. The van der Waals surface area contributed by atoms with Crippen molar-refractivity contribution >= 4 is 44.4 Å². The number of aliphatic carboxylic acids is 1. The van der Waals surface area contributed by atoms with Crippen LogP contribution in [0.15, 0.2) is 55.0 Å². The summed E-state index contributed by atoms with van der Waals surface area (Å²) in [6, 6.07) is 11.7. The molecule has 1 aliphatic rings. The average Bonchev–Trinajstić information content (AvgIpc) is 3.74. The first kappa shape index (κ1) is 38.1. The van der Waals surface area contributed by atoms with Crippen LogP contribution < -0.4 is 15.4 Å². The monoisotopic (exact) mass is 698 g/mol. The Hall–Kier alpha value is -4.39. The van der Waals surface area contributed by atoms with E-state index in [1.165, 1.54) is 6.33 Å². The number of H-pyrrole nitrogens is 1. The number of fused-ring (bicyclic) bond motifs is 1. The van der Waals surface area contributed by atoms with E-state index in [4.69, 9.17) is 14.6 Å². The smallest absolute Gasteiger partial charge is 0.475 e. The first-order valence-corrected chi connectivity index (χ1v) is 16.5. The van der Waals surface area contributed by atoms with Gasteiger partial charge in [-0.25, -0.2) is 27.7 Å². The highest BCUT2D eigenvalue weighted by Gasteiger charge is 2.38. The molecule has 0 bridgehead atoms. The Balaban J connectivity index is 0.000000804. The van der Waals surface area contributed by atoms with Gasteiger partial charge in [0.05, 0.1) is 32.3 Å². The topological polar surface area (TPSA) is 200 Å². The molecule has 1 unspecified atom stereocenters. The lowest BCUT2D eigenvalue weighted by Gasteiger charge is -2.35. The third kappa shape index (κ3) is 11.7. The van der Waals surface area contributed by atoms with Crippen molar-refractivity contribution in [2.45, 2.75) is 50.1 Å². The fraction of sp³-hybridized carbons (Fsp3) is 0.433. The van der Waals surface area contributed by atoms with Crippen molar-refractivity contribution in [2.75, 3.05) is 33.0 Å². The van der Waals surface area contributed by atoms with Crippen LogP contribution in [-0.2, 0) is 46.9 Å². The van der Waals surface area contributed by atoms with Crippen LogP contribution in [0.4, 0.5) is 13.2 Å². The average molecular weight is 699 g/mol. The molecule has 0 spiro atoms. The van der Waals surface area contributed by atoms with E-state index in [9.17, 15) is 36.0 Å². The molecule has 0 aliphatic carbocycles. The highest BCUT2D eigenvalue weighted by molar-refractivity contribution is 7.88. The van der Waals surface area contributed by atoms with E-state index in [0.717, 1.165) is 49.1 Å². The van der Waals surface area contributed by atoms with Gasteiger partial charge in [-0.1, -0.05) is 42.5 Å². The third-order valence-corrected chi connectivity index (χ3v) is 8.03. The molecule has 2 heterocycles. The van der Waals surface area contributed by atoms with Crippen molar-refractivity contribution in [1.82, 2.24) is 30.2 Å². The Morgan fingerprint density at radius 3 is 2.42 bits per heavy atom. The van der Waals surface area contributed by atoms with Gasteiger partial charge in [-0.2, -0.15) is 13.2 Å². The number of imidazole rings is 1. The minimum absolute atomic E-state index is 0.0788. The number of amides is 1. The van der Waals surface area contributed by atoms with Crippen molar-refractivity contribution < 1.29 is 50.6 Å². The lowest BCUT2D eigenvalue weighted by Crippen LogP contribution is -2.57. The number of aromatic nitrogens is 2. The number of esters is 1. The molecule has 18 heteroatoms. The van der Waals surface area contributed by atoms with Crippen LogP contribution in [0.5, 0.6) is 0 Å². The molecular formula is C30H37F3N6O8S. The summed E-state index contributed by atoms with van der Waals surface area (Å²) in [5, 5.41) is 15.2. The normalized spacial score (nSPS) is 16.1. The van der Waals surface area contributed by atoms with Gasteiger partial charge in [0, 0.05) is 37.4 Å². The Morgan fingerprint density at radius 2 is 1.83 bits per heavy atom. The second kappa shape index (κ2) is 17.1. The van der Waals surface area contributed by atoms with Gasteiger partial charge in [0.25, 0.3) is 0 Å². The molecule has 48 heavy (non-hydrogen) atoms. The molecule has 0 radical (unpaired) electrons. The number of nitrogens with one attached hydrogen (secondary N) is 4. The largest absolute Gasteiger partial charge is 0.490 e. The van der Waals surface area contributed by atoms with Crippen LogP contribution in [0.1, 0.15) is 24.1 Å². The summed E-state index contributed by atoms with van der Waals surface area (Å²) in [4.78, 5) is 57.4. The number of methoxy groups -OCH3 is 1. The second-order valence-electron chi connectivity index (χ2n) is 11.0. The predicted octanol–water partition coefficient (Wildman–Crippen LogP) is 1.14. The van der Waals surface area contributed by atoms with Crippen molar-refractivity contribution in [2.24, 2.45) is 0 Å². The number of hydrogen-bond acceptors (Lipinski definition) is 10. The van der Waals surface area contributed by atoms with Crippen LogP contribution in [0.2, 0.25) is 0 Å². The number of carboxylic acids is 1. The van der Waals surface area contributed by atoms with Crippen molar-refractivity contribution in [1.29, 1.82) is 0 Å². The Morgan fingerprint density at radius 1 is 1.15 bits per heavy atom. The fourth-order valence-corrected chi connectivity index (χ4v) is 5.70. The van der Waals surface area contributed by atoms with Gasteiger partial charge in [-0.3, -0.25) is 14.5 Å². The zero-order chi connectivity index (χ0) is 35.5. The van der Waals surface area contributed by atoms with E-state index >= 15 is 0 Å². The number of sulfonamides is 1. The van der Waals surface area contributed by atoms with Gasteiger partial charge in [-0.05, 0) is 35.7 Å². The van der Waals surface area contributed by atoms with Gasteiger partial charge in [0.2, 0.25) is 15.9 Å². The van der Waals surface area contributed by atoms with Gasteiger partial charge < -0.3 is 25.5 Å². The van der Waals surface area contributed by atoms with Gasteiger partial charge in [-0.15, -0.1) is 0 Å². The summed E-state index contributed by atoms with van der Waals surface area (Å²) in [5.74, 6) is -4.18. The third-order valence-electron chi connectivity index (χ3n) is 7.34. The van der Waals surface area contributed by atoms with E-state index in [1.54, 1.807) is 6.20 Å². The first-order valence-electron chi connectivity index (χ1n) is 14.6.